The fourth-order valence-electron chi connectivity index (χ4n) is 1.63. The molecule has 2 aromatic carbocycles. The van der Waals surface area contributed by atoms with Crippen LogP contribution in [0.15, 0.2) is 36.4 Å². The summed E-state index contributed by atoms with van der Waals surface area (Å²) in [6, 6.07) is 9.03. The summed E-state index contributed by atoms with van der Waals surface area (Å²) in [5.41, 5.74) is 1.42. The van der Waals surface area contributed by atoms with E-state index in [1.165, 1.54) is 6.07 Å². The van der Waals surface area contributed by atoms with Gasteiger partial charge in [0.15, 0.2) is 11.6 Å². The fraction of sp³-hybridized carbons (Fsp3) is 0.143. The Kier molecular flexibility index (Phi) is 4.22. The Morgan fingerprint density at radius 3 is 2.53 bits per heavy atom. The maximum Gasteiger partial charge on any atom is 0.160 e. The van der Waals surface area contributed by atoms with Gasteiger partial charge < -0.3 is 10.1 Å². The zero-order valence-corrected chi connectivity index (χ0v) is 11.0. The Morgan fingerprint density at radius 1 is 1.11 bits per heavy atom. The second-order valence-corrected chi connectivity index (χ2v) is 4.36. The van der Waals surface area contributed by atoms with Crippen LogP contribution in [0.25, 0.3) is 0 Å². The van der Waals surface area contributed by atoms with Crippen LogP contribution in [0, 0.1) is 11.6 Å². The Balaban J connectivity index is 2.05. The van der Waals surface area contributed by atoms with Crippen molar-refractivity contribution >= 4 is 17.3 Å². The number of hydrogen-bond donors (Lipinski definition) is 1. The van der Waals surface area contributed by atoms with E-state index >= 15 is 0 Å². The van der Waals surface area contributed by atoms with Crippen LogP contribution in [-0.4, -0.2) is 7.11 Å². The van der Waals surface area contributed by atoms with E-state index in [2.05, 4.69) is 5.32 Å². The SMILES string of the molecule is COc1ccc(CNc2ccc(F)c(F)c2)cc1Cl. The van der Waals surface area contributed by atoms with Crippen LogP contribution in [-0.2, 0) is 6.54 Å². The molecule has 0 amide bonds. The first-order valence-corrected chi connectivity index (χ1v) is 5.99. The predicted octanol–water partition coefficient (Wildman–Crippen LogP) is 4.24. The molecule has 2 nitrogen and oxygen atoms in total. The summed E-state index contributed by atoms with van der Waals surface area (Å²) < 4.78 is 30.8. The summed E-state index contributed by atoms with van der Waals surface area (Å²) in [6.45, 7) is 0.453. The molecule has 100 valence electrons. The molecule has 0 saturated heterocycles. The molecule has 0 heterocycles. The first-order valence-electron chi connectivity index (χ1n) is 5.61. The zero-order valence-electron chi connectivity index (χ0n) is 10.2. The lowest BCUT2D eigenvalue weighted by atomic mass is 10.2. The molecule has 0 aromatic heterocycles. The number of rotatable bonds is 4. The molecule has 2 rings (SSSR count). The average molecular weight is 284 g/mol. The van der Waals surface area contributed by atoms with Gasteiger partial charge in [-0.2, -0.15) is 0 Å². The van der Waals surface area contributed by atoms with Crippen molar-refractivity contribution in [2.45, 2.75) is 6.54 Å². The number of benzene rings is 2. The van der Waals surface area contributed by atoms with Gasteiger partial charge in [-0.3, -0.25) is 0 Å². The monoisotopic (exact) mass is 283 g/mol. The molecule has 0 bridgehead atoms. The molecule has 0 aliphatic rings. The molecule has 19 heavy (non-hydrogen) atoms. The molecule has 0 fully saturated rings. The van der Waals surface area contributed by atoms with E-state index in [1.807, 2.05) is 6.07 Å². The second kappa shape index (κ2) is 5.89. The minimum absolute atomic E-state index is 0.453. The van der Waals surface area contributed by atoms with E-state index < -0.39 is 11.6 Å². The van der Waals surface area contributed by atoms with Crippen LogP contribution in [0.5, 0.6) is 5.75 Å². The van der Waals surface area contributed by atoms with Crippen molar-refractivity contribution in [1.82, 2.24) is 0 Å². The molecular formula is C14H12ClF2NO. The number of ether oxygens (including phenoxy) is 1. The van der Waals surface area contributed by atoms with Crippen molar-refractivity contribution in [3.63, 3.8) is 0 Å². The van der Waals surface area contributed by atoms with Gasteiger partial charge in [-0.25, -0.2) is 8.78 Å². The quantitative estimate of drug-likeness (QED) is 0.906. The Labute approximate surface area is 115 Å². The summed E-state index contributed by atoms with van der Waals surface area (Å²) in [5, 5.41) is 3.49. The lowest BCUT2D eigenvalue weighted by Crippen LogP contribution is -2.00. The highest BCUT2D eigenvalue weighted by molar-refractivity contribution is 6.32. The first-order chi connectivity index (χ1) is 9.10. The lowest BCUT2D eigenvalue weighted by molar-refractivity contribution is 0.415. The maximum atomic E-state index is 13.0. The number of halogens is 3. The van der Waals surface area contributed by atoms with Crippen molar-refractivity contribution in [2.75, 3.05) is 12.4 Å². The highest BCUT2D eigenvalue weighted by atomic mass is 35.5. The van der Waals surface area contributed by atoms with Crippen LogP contribution in [0.4, 0.5) is 14.5 Å². The first kappa shape index (κ1) is 13.6. The van der Waals surface area contributed by atoms with Crippen LogP contribution in [0.1, 0.15) is 5.56 Å². The predicted molar refractivity (Wildman–Crippen MR) is 71.7 cm³/mol. The maximum absolute atomic E-state index is 13.0. The second-order valence-electron chi connectivity index (χ2n) is 3.95. The molecule has 0 radical (unpaired) electrons. The van der Waals surface area contributed by atoms with Crippen LogP contribution >= 0.6 is 11.6 Å². The molecule has 0 spiro atoms. The smallest absolute Gasteiger partial charge is 0.160 e. The van der Waals surface area contributed by atoms with E-state index in [-0.39, 0.29) is 0 Å². The van der Waals surface area contributed by atoms with Crippen LogP contribution < -0.4 is 10.1 Å². The van der Waals surface area contributed by atoms with Gasteiger partial charge in [-0.1, -0.05) is 17.7 Å². The van der Waals surface area contributed by atoms with Gasteiger partial charge in [0.25, 0.3) is 0 Å². The summed E-state index contributed by atoms with van der Waals surface area (Å²) in [5.74, 6) is -1.14. The molecular weight excluding hydrogens is 272 g/mol. The number of nitrogens with one attached hydrogen (secondary N) is 1. The summed E-state index contributed by atoms with van der Waals surface area (Å²) in [6.07, 6.45) is 0. The highest BCUT2D eigenvalue weighted by Gasteiger charge is 2.04. The van der Waals surface area contributed by atoms with Gasteiger partial charge in [0, 0.05) is 18.3 Å². The minimum Gasteiger partial charge on any atom is -0.495 e. The van der Waals surface area contributed by atoms with Gasteiger partial charge in [0.2, 0.25) is 0 Å². The molecule has 2 aromatic rings. The van der Waals surface area contributed by atoms with Crippen molar-refractivity contribution in [2.24, 2.45) is 0 Å². The Morgan fingerprint density at radius 2 is 1.89 bits per heavy atom. The molecule has 5 heteroatoms. The van der Waals surface area contributed by atoms with Crippen molar-refractivity contribution in [3.8, 4) is 5.75 Å². The molecule has 0 aliphatic heterocycles. The van der Waals surface area contributed by atoms with Crippen molar-refractivity contribution in [3.05, 3.63) is 58.6 Å². The highest BCUT2D eigenvalue weighted by Crippen LogP contribution is 2.25. The topological polar surface area (TPSA) is 21.3 Å². The number of hydrogen-bond acceptors (Lipinski definition) is 2. The van der Waals surface area contributed by atoms with Crippen LogP contribution in [0.3, 0.4) is 0 Å². The third-order valence-electron chi connectivity index (χ3n) is 2.63. The number of anilines is 1. The van der Waals surface area contributed by atoms with Gasteiger partial charge in [-0.05, 0) is 29.8 Å². The van der Waals surface area contributed by atoms with Crippen LogP contribution in [0.2, 0.25) is 5.02 Å². The lowest BCUT2D eigenvalue weighted by Gasteiger charge is -2.09. The summed E-state index contributed by atoms with van der Waals surface area (Å²) in [7, 11) is 1.54. The summed E-state index contributed by atoms with van der Waals surface area (Å²) >= 11 is 5.99. The molecule has 0 atom stereocenters. The van der Waals surface area contributed by atoms with Gasteiger partial charge in [-0.15, -0.1) is 0 Å². The third-order valence-corrected chi connectivity index (χ3v) is 2.93. The standard InChI is InChI=1S/C14H12ClF2NO/c1-19-14-5-2-9(6-11(14)15)8-18-10-3-4-12(16)13(17)7-10/h2-7,18H,8H2,1H3. The van der Waals surface area contributed by atoms with Gasteiger partial charge in [0.1, 0.15) is 5.75 Å². The Bertz CT molecular complexity index is 590. The largest absolute Gasteiger partial charge is 0.495 e. The van der Waals surface area contributed by atoms with E-state index in [4.69, 9.17) is 16.3 Å². The molecule has 0 saturated carbocycles. The molecule has 0 aliphatic carbocycles. The third kappa shape index (κ3) is 3.35. The van der Waals surface area contributed by atoms with E-state index in [0.29, 0.717) is 23.0 Å². The van der Waals surface area contributed by atoms with Gasteiger partial charge in [0.05, 0.1) is 12.1 Å². The normalized spacial score (nSPS) is 10.3. The van der Waals surface area contributed by atoms with Crippen molar-refractivity contribution in [1.29, 1.82) is 0 Å². The fourth-order valence-corrected chi connectivity index (χ4v) is 1.91. The van der Waals surface area contributed by atoms with E-state index in [1.54, 1.807) is 19.2 Å². The van der Waals surface area contributed by atoms with E-state index in [0.717, 1.165) is 17.7 Å². The average Bonchev–Trinajstić information content (AvgIpc) is 2.40. The minimum atomic E-state index is -0.877. The molecule has 1 N–H and O–H groups in total. The molecule has 0 unspecified atom stereocenters. The summed E-state index contributed by atoms with van der Waals surface area (Å²) in [4.78, 5) is 0. The van der Waals surface area contributed by atoms with E-state index in [9.17, 15) is 8.78 Å². The Hall–Kier alpha value is -1.81. The number of methoxy groups -OCH3 is 1. The van der Waals surface area contributed by atoms with Crippen molar-refractivity contribution < 1.29 is 13.5 Å². The zero-order chi connectivity index (χ0) is 13.8. The van der Waals surface area contributed by atoms with Gasteiger partial charge >= 0.3 is 0 Å².